The van der Waals surface area contributed by atoms with Crippen molar-refractivity contribution in [2.75, 3.05) is 0 Å². The fraction of sp³-hybridized carbons (Fsp3) is 0.810. The maximum absolute atomic E-state index is 5.99. The van der Waals surface area contributed by atoms with Gasteiger partial charge in [0.25, 0.3) is 0 Å². The van der Waals surface area contributed by atoms with Crippen LogP contribution in [0.3, 0.4) is 0 Å². The molecule has 2 aliphatic carbocycles. The van der Waals surface area contributed by atoms with Crippen LogP contribution in [0.5, 0.6) is 0 Å². The summed E-state index contributed by atoms with van der Waals surface area (Å²) < 4.78 is 0. The normalized spacial score (nSPS) is 25.8. The molecule has 0 amide bonds. The van der Waals surface area contributed by atoms with Crippen LogP contribution in [0.4, 0.5) is 0 Å². The average Bonchev–Trinajstić information content (AvgIpc) is 2.69. The molecule has 0 bridgehead atoms. The van der Waals surface area contributed by atoms with Crippen LogP contribution in [0.25, 0.3) is 0 Å². The van der Waals surface area contributed by atoms with Gasteiger partial charge in [-0.25, -0.2) is 0 Å². The number of terminal acetylenes is 1. The summed E-state index contributed by atoms with van der Waals surface area (Å²) >= 11 is 0. The van der Waals surface area contributed by atoms with E-state index in [9.17, 15) is 0 Å². The van der Waals surface area contributed by atoms with Crippen molar-refractivity contribution >= 4 is 7.92 Å². The third-order valence-electron chi connectivity index (χ3n) is 5.61. The van der Waals surface area contributed by atoms with Gasteiger partial charge in [-0.15, -0.1) is 6.42 Å². The van der Waals surface area contributed by atoms with Crippen molar-refractivity contribution in [2.45, 2.75) is 107 Å². The minimum atomic E-state index is -0.0300. The molecular formula is C21H35P. The van der Waals surface area contributed by atoms with Crippen LogP contribution < -0.4 is 0 Å². The molecule has 2 fully saturated rings. The molecule has 1 heteroatoms. The molecule has 0 aromatic rings. The van der Waals surface area contributed by atoms with Crippen LogP contribution in [0.2, 0.25) is 0 Å². The lowest BCUT2D eigenvalue weighted by Gasteiger charge is -2.39. The van der Waals surface area contributed by atoms with Gasteiger partial charge in [0, 0.05) is 0 Å². The fourth-order valence-electron chi connectivity index (χ4n) is 4.46. The Bertz CT molecular complexity index is 349. The quantitative estimate of drug-likeness (QED) is 0.301. The number of hydrogen-bond acceptors (Lipinski definition) is 0. The first-order valence-corrected chi connectivity index (χ1v) is 11.3. The monoisotopic (exact) mass is 318 g/mol. The highest BCUT2D eigenvalue weighted by Gasteiger charge is 2.33. The van der Waals surface area contributed by atoms with E-state index in [1.165, 1.54) is 83.5 Å². The Morgan fingerprint density at radius 3 is 1.64 bits per heavy atom. The van der Waals surface area contributed by atoms with Gasteiger partial charge >= 0.3 is 0 Å². The van der Waals surface area contributed by atoms with Gasteiger partial charge in [-0.2, -0.15) is 0 Å². The molecule has 0 N–H and O–H groups in total. The van der Waals surface area contributed by atoms with Crippen molar-refractivity contribution in [1.29, 1.82) is 0 Å². The molecule has 0 aliphatic heterocycles. The van der Waals surface area contributed by atoms with Crippen LogP contribution in [0.1, 0.15) is 90.4 Å². The molecule has 0 aromatic carbocycles. The van der Waals surface area contributed by atoms with E-state index in [2.05, 4.69) is 25.0 Å². The van der Waals surface area contributed by atoms with Crippen LogP contribution >= 0.6 is 7.92 Å². The van der Waals surface area contributed by atoms with Crippen molar-refractivity contribution in [3.8, 4) is 12.3 Å². The van der Waals surface area contributed by atoms with E-state index >= 15 is 0 Å². The maximum Gasteiger partial charge on any atom is 0.0582 e. The maximum atomic E-state index is 5.99. The second-order valence-electron chi connectivity index (χ2n) is 7.23. The number of rotatable bonds is 4. The van der Waals surface area contributed by atoms with E-state index < -0.39 is 0 Å². The molecule has 2 atom stereocenters. The summed E-state index contributed by atoms with van der Waals surface area (Å²) in [5, 5.41) is 0. The van der Waals surface area contributed by atoms with E-state index in [1.54, 1.807) is 0 Å². The van der Waals surface area contributed by atoms with Crippen molar-refractivity contribution < 1.29 is 0 Å². The van der Waals surface area contributed by atoms with Gasteiger partial charge in [-0.05, 0) is 43.9 Å². The predicted molar refractivity (Wildman–Crippen MR) is 102 cm³/mol. The van der Waals surface area contributed by atoms with Crippen LogP contribution in [0, 0.1) is 12.3 Å². The number of allylic oxidation sites excluding steroid dienone is 2. The Labute approximate surface area is 140 Å². The van der Waals surface area contributed by atoms with Crippen LogP contribution in [0.15, 0.2) is 12.2 Å². The zero-order chi connectivity index (χ0) is 15.6. The summed E-state index contributed by atoms with van der Waals surface area (Å²) in [6.45, 7) is 2.14. The third-order valence-corrected chi connectivity index (χ3v) is 9.29. The summed E-state index contributed by atoms with van der Waals surface area (Å²) in [6.07, 6.45) is 29.4. The largest absolute Gasteiger partial charge is 0.119 e. The van der Waals surface area contributed by atoms with Gasteiger partial charge in [-0.3, -0.25) is 0 Å². The summed E-state index contributed by atoms with van der Waals surface area (Å²) in [7, 11) is -0.0300. The van der Waals surface area contributed by atoms with Gasteiger partial charge in [0.05, 0.1) is 5.66 Å². The van der Waals surface area contributed by atoms with Crippen LogP contribution in [-0.2, 0) is 0 Å². The van der Waals surface area contributed by atoms with E-state index in [0.717, 1.165) is 11.3 Å². The lowest BCUT2D eigenvalue weighted by atomic mass is 10.0. The highest BCUT2D eigenvalue weighted by Crippen LogP contribution is 2.58. The second-order valence-corrected chi connectivity index (χ2v) is 10.1. The first kappa shape index (κ1) is 18.1. The average molecular weight is 318 g/mol. The lowest BCUT2D eigenvalue weighted by molar-refractivity contribution is 0.503. The Morgan fingerprint density at radius 2 is 1.23 bits per heavy atom. The molecule has 2 unspecified atom stereocenters. The zero-order valence-electron chi connectivity index (χ0n) is 14.6. The molecule has 2 aliphatic rings. The molecule has 2 saturated carbocycles. The molecule has 0 heterocycles. The van der Waals surface area contributed by atoms with Crippen molar-refractivity contribution in [1.82, 2.24) is 0 Å². The summed E-state index contributed by atoms with van der Waals surface area (Å²) in [5.74, 6) is 3.19. The molecule has 0 saturated heterocycles. The van der Waals surface area contributed by atoms with Gasteiger partial charge in [0.2, 0.25) is 0 Å². The molecule has 2 rings (SSSR count). The molecule has 0 spiro atoms. The van der Waals surface area contributed by atoms with Crippen LogP contribution in [-0.4, -0.2) is 17.0 Å². The Morgan fingerprint density at radius 1 is 0.818 bits per heavy atom. The van der Waals surface area contributed by atoms with E-state index in [-0.39, 0.29) is 7.92 Å². The van der Waals surface area contributed by atoms with Gasteiger partial charge < -0.3 is 0 Å². The Kier molecular flexibility index (Phi) is 8.62. The lowest BCUT2D eigenvalue weighted by Crippen LogP contribution is -2.24. The predicted octanol–water partition coefficient (Wildman–Crippen LogP) is 6.88. The molecule has 0 nitrogen and oxygen atoms in total. The Hall–Kier alpha value is -0.270. The van der Waals surface area contributed by atoms with Gasteiger partial charge in [0.15, 0.2) is 0 Å². The smallest absolute Gasteiger partial charge is 0.0582 e. The first-order valence-electron chi connectivity index (χ1n) is 9.73. The zero-order valence-corrected chi connectivity index (χ0v) is 15.5. The summed E-state index contributed by atoms with van der Waals surface area (Å²) in [5.41, 5.74) is 2.33. The van der Waals surface area contributed by atoms with Crippen molar-refractivity contribution in [2.24, 2.45) is 0 Å². The Balaban J connectivity index is 2.14. The van der Waals surface area contributed by atoms with Gasteiger partial charge in [0.1, 0.15) is 0 Å². The molecule has 0 radical (unpaired) electrons. The summed E-state index contributed by atoms with van der Waals surface area (Å²) in [6, 6.07) is 0. The van der Waals surface area contributed by atoms with Crippen molar-refractivity contribution in [3.05, 3.63) is 12.2 Å². The topological polar surface area (TPSA) is 0 Å². The number of hydrogen-bond donors (Lipinski definition) is 0. The minimum Gasteiger partial charge on any atom is -0.119 e. The highest BCUT2D eigenvalue weighted by molar-refractivity contribution is 7.60. The first-order chi connectivity index (χ1) is 10.9. The van der Waals surface area contributed by atoms with E-state index in [4.69, 9.17) is 6.42 Å². The SMILES string of the molecule is C#CC(/C=C\C)P(C1CCCCCCCC1)C1CCCCC1. The van der Waals surface area contributed by atoms with Gasteiger partial charge in [-0.1, -0.05) is 83.8 Å². The van der Waals surface area contributed by atoms with E-state index in [0.29, 0.717) is 5.66 Å². The van der Waals surface area contributed by atoms with E-state index in [1.807, 2.05) is 0 Å². The molecule has 0 aromatic heterocycles. The fourth-order valence-corrected chi connectivity index (χ4v) is 8.44. The minimum absolute atomic E-state index is 0.0300. The highest BCUT2D eigenvalue weighted by atomic mass is 31.1. The summed E-state index contributed by atoms with van der Waals surface area (Å²) in [4.78, 5) is 0. The standard InChI is InChI=1S/C21H35P/c1-3-14-19(4-2)22(21-17-12-9-13-18-21)20-15-10-7-5-6-8-11-16-20/h2-3,14,19-21H,5-13,15-18H2,1H3/b14-3-. The molecular weight excluding hydrogens is 283 g/mol. The molecule has 124 valence electrons. The third kappa shape index (κ3) is 5.42. The second kappa shape index (κ2) is 10.5. The van der Waals surface area contributed by atoms with Crippen molar-refractivity contribution in [3.63, 3.8) is 0 Å². The molecule has 22 heavy (non-hydrogen) atoms.